The van der Waals surface area contributed by atoms with Gasteiger partial charge in [-0.2, -0.15) is 0 Å². The third kappa shape index (κ3) is 5.95. The molecule has 2 N–H and O–H groups in total. The Kier molecular flexibility index (Phi) is 5.53. The molecule has 0 atom stereocenters. The van der Waals surface area contributed by atoms with Crippen LogP contribution in [0.4, 0.5) is 11.4 Å². The van der Waals surface area contributed by atoms with Gasteiger partial charge in [0.2, 0.25) is 5.91 Å². The molecule has 0 aliphatic heterocycles. The van der Waals surface area contributed by atoms with E-state index in [0.29, 0.717) is 0 Å². The van der Waals surface area contributed by atoms with E-state index in [0.717, 1.165) is 23.8 Å². The third-order valence-corrected chi connectivity index (χ3v) is 2.49. The first-order chi connectivity index (χ1) is 8.08. The molecule has 1 amide bonds. The molecule has 1 aromatic rings. The smallest absolute Gasteiger partial charge is 0.221 e. The Morgan fingerprint density at radius 3 is 2.29 bits per heavy atom. The van der Waals surface area contributed by atoms with Gasteiger partial charge >= 0.3 is 0 Å². The number of amides is 1. The molecule has 0 aliphatic carbocycles. The van der Waals surface area contributed by atoms with E-state index in [1.807, 2.05) is 24.3 Å². The van der Waals surface area contributed by atoms with E-state index < -0.39 is 0 Å². The maximum atomic E-state index is 10.8. The molecule has 1 rings (SSSR count). The van der Waals surface area contributed by atoms with Crippen molar-refractivity contribution >= 4 is 17.3 Å². The van der Waals surface area contributed by atoms with Crippen LogP contribution < -0.4 is 10.6 Å². The van der Waals surface area contributed by atoms with Gasteiger partial charge in [-0.1, -0.05) is 13.8 Å². The van der Waals surface area contributed by atoms with Crippen molar-refractivity contribution in [3.05, 3.63) is 24.3 Å². The summed E-state index contributed by atoms with van der Waals surface area (Å²) in [5.74, 6) is 0.724. The maximum Gasteiger partial charge on any atom is 0.221 e. The summed E-state index contributed by atoms with van der Waals surface area (Å²) in [6.45, 7) is 6.99. The van der Waals surface area contributed by atoms with Crippen molar-refractivity contribution in [2.45, 2.75) is 33.6 Å². The molecule has 0 bridgehead atoms. The highest BCUT2D eigenvalue weighted by Crippen LogP contribution is 2.13. The van der Waals surface area contributed by atoms with Crippen molar-refractivity contribution in [2.75, 3.05) is 17.2 Å². The Bertz CT molecular complexity index is 344. The van der Waals surface area contributed by atoms with Crippen molar-refractivity contribution in [3.63, 3.8) is 0 Å². The summed E-state index contributed by atoms with van der Waals surface area (Å²) in [6.07, 6.45) is 2.43. The number of benzene rings is 1. The molecule has 0 saturated carbocycles. The van der Waals surface area contributed by atoms with Crippen molar-refractivity contribution in [1.82, 2.24) is 0 Å². The second-order valence-electron chi connectivity index (χ2n) is 4.72. The number of rotatable bonds is 6. The van der Waals surface area contributed by atoms with Gasteiger partial charge in [0.05, 0.1) is 0 Å². The number of carbonyl (C=O) groups is 1. The molecule has 0 saturated heterocycles. The first-order valence-electron chi connectivity index (χ1n) is 6.19. The van der Waals surface area contributed by atoms with Crippen molar-refractivity contribution in [1.29, 1.82) is 0 Å². The summed E-state index contributed by atoms with van der Waals surface area (Å²) in [6, 6.07) is 7.79. The van der Waals surface area contributed by atoms with Gasteiger partial charge in [-0.15, -0.1) is 0 Å². The quantitative estimate of drug-likeness (QED) is 0.740. The SMILES string of the molecule is CC(=O)Nc1ccc(NCCCC(C)C)cc1. The fourth-order valence-electron chi connectivity index (χ4n) is 1.62. The van der Waals surface area contributed by atoms with Crippen LogP contribution in [0.5, 0.6) is 0 Å². The maximum absolute atomic E-state index is 10.8. The molecular formula is C14H22N2O. The minimum absolute atomic E-state index is 0.0392. The number of anilines is 2. The molecule has 0 aromatic heterocycles. The average molecular weight is 234 g/mol. The molecule has 0 radical (unpaired) electrons. The van der Waals surface area contributed by atoms with Crippen LogP contribution in [0.25, 0.3) is 0 Å². The van der Waals surface area contributed by atoms with Crippen LogP contribution in [0.15, 0.2) is 24.3 Å². The van der Waals surface area contributed by atoms with Gasteiger partial charge < -0.3 is 10.6 Å². The van der Waals surface area contributed by atoms with E-state index >= 15 is 0 Å². The van der Waals surface area contributed by atoms with Gasteiger partial charge in [0.1, 0.15) is 0 Å². The van der Waals surface area contributed by atoms with Gasteiger partial charge in [0.15, 0.2) is 0 Å². The Morgan fingerprint density at radius 1 is 1.18 bits per heavy atom. The largest absolute Gasteiger partial charge is 0.385 e. The van der Waals surface area contributed by atoms with Crippen LogP contribution in [-0.4, -0.2) is 12.5 Å². The van der Waals surface area contributed by atoms with Crippen LogP contribution in [0.1, 0.15) is 33.6 Å². The highest BCUT2D eigenvalue weighted by molar-refractivity contribution is 5.88. The van der Waals surface area contributed by atoms with Crippen LogP contribution in [0.2, 0.25) is 0 Å². The van der Waals surface area contributed by atoms with Gasteiger partial charge in [-0.25, -0.2) is 0 Å². The highest BCUT2D eigenvalue weighted by atomic mass is 16.1. The molecule has 3 heteroatoms. The van der Waals surface area contributed by atoms with Gasteiger partial charge in [0.25, 0.3) is 0 Å². The minimum Gasteiger partial charge on any atom is -0.385 e. The lowest BCUT2D eigenvalue weighted by atomic mass is 10.1. The molecule has 0 fully saturated rings. The second-order valence-corrected chi connectivity index (χ2v) is 4.72. The van der Waals surface area contributed by atoms with Gasteiger partial charge in [-0.3, -0.25) is 4.79 Å². The number of nitrogens with one attached hydrogen (secondary N) is 2. The standard InChI is InChI=1S/C14H22N2O/c1-11(2)5-4-10-15-13-6-8-14(9-7-13)16-12(3)17/h6-9,11,15H,4-5,10H2,1-3H3,(H,16,17). The molecule has 17 heavy (non-hydrogen) atoms. The molecule has 3 nitrogen and oxygen atoms in total. The Balaban J connectivity index is 2.32. The molecule has 1 aromatic carbocycles. The summed E-state index contributed by atoms with van der Waals surface area (Å²) in [4.78, 5) is 10.8. The summed E-state index contributed by atoms with van der Waals surface area (Å²) in [5, 5.41) is 6.12. The Hall–Kier alpha value is -1.51. The molecule has 0 spiro atoms. The van der Waals surface area contributed by atoms with E-state index in [-0.39, 0.29) is 5.91 Å². The molecular weight excluding hydrogens is 212 g/mol. The normalized spacial score (nSPS) is 10.4. The summed E-state index contributed by atoms with van der Waals surface area (Å²) in [5.41, 5.74) is 1.94. The van der Waals surface area contributed by atoms with Crippen LogP contribution in [0, 0.1) is 5.92 Å². The highest BCUT2D eigenvalue weighted by Gasteiger charge is 1.97. The molecule has 0 heterocycles. The predicted molar refractivity (Wildman–Crippen MR) is 73.3 cm³/mol. The third-order valence-electron chi connectivity index (χ3n) is 2.49. The van der Waals surface area contributed by atoms with E-state index in [9.17, 15) is 4.79 Å². The zero-order valence-electron chi connectivity index (χ0n) is 10.9. The minimum atomic E-state index is -0.0392. The lowest BCUT2D eigenvalue weighted by Crippen LogP contribution is -2.06. The first kappa shape index (κ1) is 13.6. The fourth-order valence-corrected chi connectivity index (χ4v) is 1.62. The fraction of sp³-hybridized carbons (Fsp3) is 0.500. The van der Waals surface area contributed by atoms with Crippen LogP contribution in [-0.2, 0) is 4.79 Å². The van der Waals surface area contributed by atoms with Crippen molar-refractivity contribution in [3.8, 4) is 0 Å². The van der Waals surface area contributed by atoms with E-state index in [1.54, 1.807) is 0 Å². The topological polar surface area (TPSA) is 41.1 Å². The number of hydrogen-bond donors (Lipinski definition) is 2. The van der Waals surface area contributed by atoms with E-state index in [2.05, 4.69) is 24.5 Å². The zero-order chi connectivity index (χ0) is 12.7. The second kappa shape index (κ2) is 6.94. The lowest BCUT2D eigenvalue weighted by Gasteiger charge is -2.08. The molecule has 94 valence electrons. The first-order valence-corrected chi connectivity index (χ1v) is 6.19. The van der Waals surface area contributed by atoms with Crippen LogP contribution in [0.3, 0.4) is 0 Å². The van der Waals surface area contributed by atoms with Gasteiger partial charge in [-0.05, 0) is 43.0 Å². The van der Waals surface area contributed by atoms with Crippen LogP contribution >= 0.6 is 0 Å². The molecule has 0 unspecified atom stereocenters. The van der Waals surface area contributed by atoms with E-state index in [1.165, 1.54) is 19.8 Å². The van der Waals surface area contributed by atoms with Gasteiger partial charge in [0, 0.05) is 24.8 Å². The summed E-state index contributed by atoms with van der Waals surface area (Å²) in [7, 11) is 0. The zero-order valence-corrected chi connectivity index (χ0v) is 10.9. The lowest BCUT2D eigenvalue weighted by molar-refractivity contribution is -0.114. The summed E-state index contributed by atoms with van der Waals surface area (Å²) >= 11 is 0. The average Bonchev–Trinajstić information content (AvgIpc) is 2.25. The monoisotopic (exact) mass is 234 g/mol. The molecule has 0 aliphatic rings. The Morgan fingerprint density at radius 2 is 1.76 bits per heavy atom. The predicted octanol–water partition coefficient (Wildman–Crippen LogP) is 3.49. The summed E-state index contributed by atoms with van der Waals surface area (Å²) < 4.78 is 0. The van der Waals surface area contributed by atoms with E-state index in [4.69, 9.17) is 0 Å². The number of hydrogen-bond acceptors (Lipinski definition) is 2. The number of carbonyl (C=O) groups excluding carboxylic acids is 1. The van der Waals surface area contributed by atoms with Crippen molar-refractivity contribution < 1.29 is 4.79 Å². The van der Waals surface area contributed by atoms with Crippen molar-refractivity contribution in [2.24, 2.45) is 5.92 Å². The Labute approximate surface area is 104 Å².